The van der Waals surface area contributed by atoms with E-state index in [-0.39, 0.29) is 12.5 Å². The predicted octanol–water partition coefficient (Wildman–Crippen LogP) is 2.03. The quantitative estimate of drug-likeness (QED) is 0.837. The number of hydrogen-bond acceptors (Lipinski definition) is 4. The molecule has 2 aromatic rings. The van der Waals surface area contributed by atoms with Crippen LogP contribution in [0.25, 0.3) is 10.9 Å². The Morgan fingerprint density at radius 3 is 2.62 bits per heavy atom. The van der Waals surface area contributed by atoms with Gasteiger partial charge >= 0.3 is 0 Å². The number of para-hydroxylation sites is 1. The number of aryl methyl sites for hydroxylation is 1. The van der Waals surface area contributed by atoms with Gasteiger partial charge in [0.1, 0.15) is 0 Å². The van der Waals surface area contributed by atoms with Gasteiger partial charge in [-0.2, -0.15) is 0 Å². The second-order valence-electron chi connectivity index (χ2n) is 8.74. The molecule has 0 aliphatic carbocycles. The summed E-state index contributed by atoms with van der Waals surface area (Å²) in [6.07, 6.45) is 4.79. The van der Waals surface area contributed by atoms with Crippen LogP contribution in [-0.4, -0.2) is 89.2 Å². The minimum Gasteiger partial charge on any atom is -0.396 e. The van der Waals surface area contributed by atoms with Gasteiger partial charge in [0.25, 0.3) is 5.91 Å². The van der Waals surface area contributed by atoms with Gasteiger partial charge in [-0.15, -0.1) is 0 Å². The highest BCUT2D eigenvalue weighted by molar-refractivity contribution is 6.07. The fourth-order valence-electron chi connectivity index (χ4n) is 5.16. The fraction of sp³-hybridized carbons (Fsp3) is 0.609. The number of likely N-dealkylation sites (N-methyl/N-ethyl adjacent to an activating group) is 1. The molecule has 29 heavy (non-hydrogen) atoms. The number of nitrogens with zero attached hydrogens (tertiary/aromatic N) is 4. The third-order valence-electron chi connectivity index (χ3n) is 6.85. The highest BCUT2D eigenvalue weighted by atomic mass is 16.3. The van der Waals surface area contributed by atoms with E-state index < -0.39 is 0 Å². The molecule has 2 aliphatic heterocycles. The van der Waals surface area contributed by atoms with E-state index in [2.05, 4.69) is 27.8 Å². The monoisotopic (exact) mass is 398 g/mol. The lowest BCUT2D eigenvalue weighted by atomic mass is 9.86. The van der Waals surface area contributed by atoms with Gasteiger partial charge in [0.15, 0.2) is 0 Å². The van der Waals surface area contributed by atoms with Crippen LogP contribution >= 0.6 is 0 Å². The summed E-state index contributed by atoms with van der Waals surface area (Å²) < 4.78 is 2.04. The van der Waals surface area contributed by atoms with Crippen molar-refractivity contribution >= 4 is 16.8 Å². The van der Waals surface area contributed by atoms with Gasteiger partial charge in [-0.3, -0.25) is 9.69 Å². The van der Waals surface area contributed by atoms with Crippen LogP contribution < -0.4 is 0 Å². The summed E-state index contributed by atoms with van der Waals surface area (Å²) in [4.78, 5) is 20.5. The number of amides is 1. The SMILES string of the molecule is CN1CCN([C@H]2CCN(C(=O)c3cn(C)c4ccccc34)C[C@H]2CCCO)CC1. The first-order valence-corrected chi connectivity index (χ1v) is 10.9. The summed E-state index contributed by atoms with van der Waals surface area (Å²) in [6, 6.07) is 8.65. The standard InChI is InChI=1S/C23H34N4O2/c1-24-11-13-26(14-12-24)21-9-10-27(16-18(21)6-5-15-28)23(29)20-17-25(2)22-8-4-3-7-19(20)22/h3-4,7-8,17-18,21,28H,5-6,9-16H2,1-2H3/t18-,21+/m1/s1. The zero-order chi connectivity index (χ0) is 20.4. The normalized spacial score (nSPS) is 24.3. The largest absolute Gasteiger partial charge is 0.396 e. The molecule has 0 spiro atoms. The van der Waals surface area contributed by atoms with E-state index in [1.807, 2.05) is 36.0 Å². The lowest BCUT2D eigenvalue weighted by molar-refractivity contribution is 0.0218. The lowest BCUT2D eigenvalue weighted by Crippen LogP contribution is -2.56. The molecule has 2 fully saturated rings. The van der Waals surface area contributed by atoms with Crippen molar-refractivity contribution in [3.8, 4) is 0 Å². The van der Waals surface area contributed by atoms with Crippen LogP contribution in [0.3, 0.4) is 0 Å². The van der Waals surface area contributed by atoms with Crippen molar-refractivity contribution in [3.63, 3.8) is 0 Å². The summed E-state index contributed by atoms with van der Waals surface area (Å²) in [5.74, 6) is 0.575. The number of aliphatic hydroxyl groups is 1. The van der Waals surface area contributed by atoms with Gasteiger partial charge in [-0.1, -0.05) is 18.2 Å². The minimum absolute atomic E-state index is 0.146. The van der Waals surface area contributed by atoms with Crippen molar-refractivity contribution in [2.75, 3.05) is 52.9 Å². The average Bonchev–Trinajstić information content (AvgIpc) is 3.09. The number of aliphatic hydroxyl groups excluding tert-OH is 1. The van der Waals surface area contributed by atoms with Crippen LogP contribution in [0.5, 0.6) is 0 Å². The van der Waals surface area contributed by atoms with Gasteiger partial charge in [0.05, 0.1) is 5.56 Å². The van der Waals surface area contributed by atoms with E-state index in [4.69, 9.17) is 0 Å². The average molecular weight is 399 g/mol. The number of likely N-dealkylation sites (tertiary alicyclic amines) is 1. The van der Waals surface area contributed by atoms with Crippen LogP contribution in [0.4, 0.5) is 0 Å². The molecule has 2 saturated heterocycles. The first-order chi connectivity index (χ1) is 14.1. The molecule has 0 unspecified atom stereocenters. The molecular weight excluding hydrogens is 364 g/mol. The second-order valence-corrected chi connectivity index (χ2v) is 8.74. The predicted molar refractivity (Wildman–Crippen MR) is 116 cm³/mol. The number of fused-ring (bicyclic) bond motifs is 1. The number of benzene rings is 1. The molecule has 1 aromatic heterocycles. The van der Waals surface area contributed by atoms with Crippen LogP contribution in [0.1, 0.15) is 29.6 Å². The zero-order valence-electron chi connectivity index (χ0n) is 17.8. The molecule has 1 N–H and O–H groups in total. The maximum absolute atomic E-state index is 13.4. The van der Waals surface area contributed by atoms with E-state index in [1.165, 1.54) is 0 Å². The summed E-state index contributed by atoms with van der Waals surface area (Å²) in [5.41, 5.74) is 1.90. The molecule has 158 valence electrons. The molecule has 1 aromatic carbocycles. The minimum atomic E-state index is 0.146. The molecule has 0 radical (unpaired) electrons. The third kappa shape index (κ3) is 4.20. The summed E-state index contributed by atoms with van der Waals surface area (Å²) >= 11 is 0. The molecule has 2 aliphatic rings. The van der Waals surface area contributed by atoms with Crippen LogP contribution in [0.2, 0.25) is 0 Å². The first kappa shape index (κ1) is 20.4. The van der Waals surface area contributed by atoms with Crippen LogP contribution in [0, 0.1) is 5.92 Å². The number of rotatable bonds is 5. The van der Waals surface area contributed by atoms with Crippen molar-refractivity contribution in [2.45, 2.75) is 25.3 Å². The number of piperazine rings is 1. The number of piperidine rings is 1. The van der Waals surface area contributed by atoms with Crippen molar-refractivity contribution in [3.05, 3.63) is 36.0 Å². The van der Waals surface area contributed by atoms with Crippen molar-refractivity contribution < 1.29 is 9.90 Å². The van der Waals surface area contributed by atoms with E-state index in [0.717, 1.165) is 75.0 Å². The van der Waals surface area contributed by atoms with E-state index in [1.54, 1.807) is 0 Å². The molecule has 4 rings (SSSR count). The molecule has 3 heterocycles. The van der Waals surface area contributed by atoms with Gasteiger partial charge in [-0.05, 0) is 38.3 Å². The van der Waals surface area contributed by atoms with Gasteiger partial charge < -0.3 is 19.5 Å². The number of carbonyl (C=O) groups is 1. The Balaban J connectivity index is 1.51. The Morgan fingerprint density at radius 2 is 1.86 bits per heavy atom. The number of carbonyl (C=O) groups excluding carboxylic acids is 1. The molecule has 6 nitrogen and oxygen atoms in total. The van der Waals surface area contributed by atoms with E-state index >= 15 is 0 Å². The topological polar surface area (TPSA) is 52.0 Å². The highest BCUT2D eigenvalue weighted by Gasteiger charge is 2.36. The Kier molecular flexibility index (Phi) is 6.23. The second kappa shape index (κ2) is 8.86. The molecule has 0 saturated carbocycles. The molecule has 0 bridgehead atoms. The Morgan fingerprint density at radius 1 is 1.10 bits per heavy atom. The van der Waals surface area contributed by atoms with Crippen LogP contribution in [0.15, 0.2) is 30.5 Å². The Bertz CT molecular complexity index is 841. The molecule has 6 heteroatoms. The van der Waals surface area contributed by atoms with Crippen molar-refractivity contribution in [1.29, 1.82) is 0 Å². The summed E-state index contributed by atoms with van der Waals surface area (Å²) in [6.45, 7) is 6.27. The van der Waals surface area contributed by atoms with Crippen molar-refractivity contribution in [2.24, 2.45) is 13.0 Å². The van der Waals surface area contributed by atoms with E-state index in [0.29, 0.717) is 12.0 Å². The van der Waals surface area contributed by atoms with Gasteiger partial charge in [0, 0.05) is 76.1 Å². The lowest BCUT2D eigenvalue weighted by Gasteiger charge is -2.46. The third-order valence-corrected chi connectivity index (χ3v) is 6.85. The first-order valence-electron chi connectivity index (χ1n) is 10.9. The zero-order valence-corrected chi connectivity index (χ0v) is 17.8. The van der Waals surface area contributed by atoms with Crippen molar-refractivity contribution in [1.82, 2.24) is 19.3 Å². The van der Waals surface area contributed by atoms with Gasteiger partial charge in [0.2, 0.25) is 0 Å². The summed E-state index contributed by atoms with van der Waals surface area (Å²) in [7, 11) is 4.19. The number of aromatic nitrogens is 1. The highest BCUT2D eigenvalue weighted by Crippen LogP contribution is 2.29. The molecule has 1 amide bonds. The summed E-state index contributed by atoms with van der Waals surface area (Å²) in [5, 5.41) is 10.4. The Labute approximate surface area is 173 Å². The van der Waals surface area contributed by atoms with Gasteiger partial charge in [-0.25, -0.2) is 0 Å². The fourth-order valence-corrected chi connectivity index (χ4v) is 5.16. The smallest absolute Gasteiger partial charge is 0.256 e. The molecular formula is C23H34N4O2. The molecule has 2 atom stereocenters. The van der Waals surface area contributed by atoms with Crippen LogP contribution in [-0.2, 0) is 7.05 Å². The number of hydrogen-bond donors (Lipinski definition) is 1. The maximum Gasteiger partial charge on any atom is 0.256 e. The maximum atomic E-state index is 13.4. The Hall–Kier alpha value is -1.89. The van der Waals surface area contributed by atoms with E-state index in [9.17, 15) is 9.90 Å².